The molecule has 1 aromatic heterocycles. The summed E-state index contributed by atoms with van der Waals surface area (Å²) < 4.78 is 25.9. The molecule has 0 radical (unpaired) electrons. The Morgan fingerprint density at radius 3 is 2.52 bits per heavy atom. The van der Waals surface area contributed by atoms with Gasteiger partial charge in [0.1, 0.15) is 24.8 Å². The molecule has 1 unspecified atom stereocenters. The summed E-state index contributed by atoms with van der Waals surface area (Å²) in [7, 11) is 0. The third-order valence-corrected chi connectivity index (χ3v) is 9.19. The Morgan fingerprint density at radius 2 is 1.79 bits per heavy atom. The van der Waals surface area contributed by atoms with Gasteiger partial charge in [0.25, 0.3) is 5.78 Å². The van der Waals surface area contributed by atoms with E-state index in [4.69, 9.17) is 9.47 Å². The monoisotopic (exact) mass is 603 g/mol. The average Bonchev–Trinajstić information content (AvgIpc) is 3.57. The minimum atomic E-state index is -0.947. The number of aromatic nitrogens is 2. The predicted molar refractivity (Wildman–Crippen MR) is 159 cm³/mol. The van der Waals surface area contributed by atoms with Crippen molar-refractivity contribution in [3.63, 3.8) is 0 Å². The summed E-state index contributed by atoms with van der Waals surface area (Å²) in [5.41, 5.74) is 2.49. The maximum atomic E-state index is 14.1. The number of anilines is 1. The number of benzene rings is 3. The van der Waals surface area contributed by atoms with Crippen LogP contribution >= 0.6 is 23.1 Å². The summed E-state index contributed by atoms with van der Waals surface area (Å²) in [4.78, 5) is 28.4. The van der Waals surface area contributed by atoms with Gasteiger partial charge in [-0.2, -0.15) is 0 Å². The van der Waals surface area contributed by atoms with Crippen molar-refractivity contribution in [2.24, 2.45) is 0 Å². The molecule has 2 aliphatic heterocycles. The van der Waals surface area contributed by atoms with E-state index in [-0.39, 0.29) is 28.2 Å². The number of hydrogen-bond donors (Lipinski definition) is 1. The number of ether oxygens (including phenoxy) is 2. The van der Waals surface area contributed by atoms with Crippen LogP contribution in [0, 0.1) is 5.82 Å². The van der Waals surface area contributed by atoms with Crippen molar-refractivity contribution in [2.45, 2.75) is 35.9 Å². The van der Waals surface area contributed by atoms with Crippen molar-refractivity contribution >= 4 is 45.7 Å². The van der Waals surface area contributed by atoms with Crippen molar-refractivity contribution in [1.29, 1.82) is 0 Å². The van der Waals surface area contributed by atoms with Gasteiger partial charge in [-0.25, -0.2) is 4.39 Å². The van der Waals surface area contributed by atoms with Crippen molar-refractivity contribution in [1.82, 2.24) is 10.2 Å². The van der Waals surface area contributed by atoms with Gasteiger partial charge in [0.05, 0.1) is 11.6 Å². The number of ketones is 1. The van der Waals surface area contributed by atoms with Crippen LogP contribution in [0.25, 0.3) is 5.76 Å². The summed E-state index contributed by atoms with van der Waals surface area (Å²) >= 11 is 2.41. The summed E-state index contributed by atoms with van der Waals surface area (Å²) in [6.07, 6.45) is 0. The van der Waals surface area contributed by atoms with Gasteiger partial charge < -0.3 is 14.6 Å². The molecule has 1 saturated heterocycles. The minimum absolute atomic E-state index is 0.0651. The molecule has 1 atom stereocenters. The van der Waals surface area contributed by atoms with Crippen LogP contribution < -0.4 is 14.4 Å². The van der Waals surface area contributed by atoms with E-state index in [1.807, 2.05) is 24.3 Å². The van der Waals surface area contributed by atoms with Gasteiger partial charge in [0.2, 0.25) is 5.13 Å². The standard InChI is InChI=1S/C31H26FN3O5S2/c1-17(2)18-7-9-19(10-8-18)26-25(27(36)20-11-12-23-24(15-20)40-14-13-39-23)28(37)29(38)35(26)30-33-34-31(42-30)41-16-21-5-3-4-6-22(21)32/h3-12,15,17,26,36H,13-14,16H2,1-2H3/b27-25+. The van der Waals surface area contributed by atoms with Gasteiger partial charge in [-0.1, -0.05) is 79.4 Å². The normalized spacial score (nSPS) is 17.7. The number of amides is 1. The van der Waals surface area contributed by atoms with Crippen LogP contribution in [0.2, 0.25) is 0 Å². The van der Waals surface area contributed by atoms with Crippen LogP contribution in [0.5, 0.6) is 11.5 Å². The molecule has 0 spiro atoms. The van der Waals surface area contributed by atoms with Crippen molar-refractivity contribution in [3.8, 4) is 11.5 Å². The van der Waals surface area contributed by atoms with E-state index in [9.17, 15) is 19.1 Å². The molecule has 1 amide bonds. The van der Waals surface area contributed by atoms with E-state index < -0.39 is 17.7 Å². The Balaban J connectivity index is 1.40. The molecule has 11 heteroatoms. The second-order valence-corrected chi connectivity index (χ2v) is 12.3. The number of halogens is 1. The summed E-state index contributed by atoms with van der Waals surface area (Å²) in [6, 6.07) is 18.0. The maximum Gasteiger partial charge on any atom is 0.301 e. The lowest BCUT2D eigenvalue weighted by molar-refractivity contribution is -0.132. The fraction of sp³-hybridized carbons (Fsp3) is 0.226. The maximum absolute atomic E-state index is 14.1. The highest BCUT2D eigenvalue weighted by molar-refractivity contribution is 8.00. The van der Waals surface area contributed by atoms with E-state index in [2.05, 4.69) is 24.0 Å². The molecule has 3 heterocycles. The number of carbonyl (C=O) groups excluding carboxylic acids is 2. The molecular weight excluding hydrogens is 577 g/mol. The number of rotatable bonds is 7. The number of fused-ring (bicyclic) bond motifs is 1. The van der Waals surface area contributed by atoms with Crippen molar-refractivity contribution < 1.29 is 28.6 Å². The summed E-state index contributed by atoms with van der Waals surface area (Å²) in [5, 5.41) is 20.1. The Kier molecular flexibility index (Phi) is 7.70. The minimum Gasteiger partial charge on any atom is -0.507 e. The topological polar surface area (TPSA) is 102 Å². The predicted octanol–water partition coefficient (Wildman–Crippen LogP) is 6.49. The highest BCUT2D eigenvalue weighted by atomic mass is 32.2. The molecule has 8 nitrogen and oxygen atoms in total. The van der Waals surface area contributed by atoms with Gasteiger partial charge in [0.15, 0.2) is 15.8 Å². The number of hydrogen-bond acceptors (Lipinski definition) is 9. The van der Waals surface area contributed by atoms with E-state index in [0.29, 0.717) is 51.5 Å². The number of thioether (sulfide) groups is 1. The lowest BCUT2D eigenvalue weighted by Gasteiger charge is -2.23. The Morgan fingerprint density at radius 1 is 1.05 bits per heavy atom. The fourth-order valence-electron chi connectivity index (χ4n) is 4.87. The number of nitrogens with zero attached hydrogens (tertiary/aromatic N) is 3. The van der Waals surface area contributed by atoms with E-state index in [0.717, 1.165) is 16.9 Å². The molecule has 3 aromatic carbocycles. The second kappa shape index (κ2) is 11.6. The number of aliphatic hydroxyl groups excluding tert-OH is 1. The summed E-state index contributed by atoms with van der Waals surface area (Å²) in [6.45, 7) is 4.92. The number of Topliss-reactive ketones (excluding diaryl/α,β-unsaturated/α-hetero) is 1. The molecular formula is C31H26FN3O5S2. The number of carbonyl (C=O) groups is 2. The molecule has 0 saturated carbocycles. The molecule has 0 bridgehead atoms. The quantitative estimate of drug-likeness (QED) is 0.0841. The Hall–Kier alpha value is -4.22. The molecule has 6 rings (SSSR count). The van der Waals surface area contributed by atoms with E-state index in [1.165, 1.54) is 22.7 Å². The Bertz CT molecular complexity index is 1700. The molecule has 1 N–H and O–H groups in total. The second-order valence-electron chi connectivity index (χ2n) is 10.1. The van der Waals surface area contributed by atoms with Crippen molar-refractivity contribution in [2.75, 3.05) is 18.1 Å². The Labute approximate surface area is 249 Å². The zero-order valence-electron chi connectivity index (χ0n) is 22.7. The molecule has 0 aliphatic carbocycles. The van der Waals surface area contributed by atoms with E-state index >= 15 is 0 Å². The first kappa shape index (κ1) is 27.9. The highest BCUT2D eigenvalue weighted by Crippen LogP contribution is 2.45. The third kappa shape index (κ3) is 5.25. The van der Waals surface area contributed by atoms with Crippen LogP contribution in [0.3, 0.4) is 0 Å². The van der Waals surface area contributed by atoms with Gasteiger partial charge in [-0.15, -0.1) is 10.2 Å². The number of aliphatic hydroxyl groups is 1. The van der Waals surface area contributed by atoms with Gasteiger partial charge >= 0.3 is 5.91 Å². The lowest BCUT2D eigenvalue weighted by Crippen LogP contribution is -2.29. The van der Waals surface area contributed by atoms with Crippen LogP contribution in [0.15, 0.2) is 76.6 Å². The first-order valence-electron chi connectivity index (χ1n) is 13.3. The zero-order valence-corrected chi connectivity index (χ0v) is 24.4. The lowest BCUT2D eigenvalue weighted by atomic mass is 9.93. The highest BCUT2D eigenvalue weighted by Gasteiger charge is 2.48. The SMILES string of the molecule is CC(C)c1ccc(C2/C(=C(\O)c3ccc4c(c3)OCCO4)C(=O)C(=O)N2c2nnc(SCc3ccccc3F)s2)cc1. The van der Waals surface area contributed by atoms with Crippen molar-refractivity contribution in [3.05, 3.63) is 100 Å². The molecule has 2 aliphatic rings. The van der Waals surface area contributed by atoms with Crippen LogP contribution in [0.1, 0.15) is 48.1 Å². The fourth-order valence-corrected chi connectivity index (χ4v) is 6.72. The van der Waals surface area contributed by atoms with Gasteiger partial charge in [-0.3, -0.25) is 14.5 Å². The van der Waals surface area contributed by atoms with Crippen LogP contribution in [0.4, 0.5) is 9.52 Å². The average molecular weight is 604 g/mol. The van der Waals surface area contributed by atoms with Crippen LogP contribution in [-0.4, -0.2) is 40.2 Å². The first-order chi connectivity index (χ1) is 20.3. The molecule has 4 aromatic rings. The largest absolute Gasteiger partial charge is 0.507 e. The zero-order chi connectivity index (χ0) is 29.4. The third-order valence-electron chi connectivity index (χ3n) is 7.09. The summed E-state index contributed by atoms with van der Waals surface area (Å²) in [5.74, 6) is -0.727. The molecule has 214 valence electrons. The van der Waals surface area contributed by atoms with Gasteiger partial charge in [-0.05, 0) is 46.9 Å². The molecule has 42 heavy (non-hydrogen) atoms. The first-order valence-corrected chi connectivity index (χ1v) is 15.1. The van der Waals surface area contributed by atoms with Crippen LogP contribution in [-0.2, 0) is 15.3 Å². The van der Waals surface area contributed by atoms with Gasteiger partial charge in [0, 0.05) is 11.3 Å². The van der Waals surface area contributed by atoms with E-state index in [1.54, 1.807) is 36.4 Å². The molecule has 1 fully saturated rings. The smallest absolute Gasteiger partial charge is 0.301 e.